The van der Waals surface area contributed by atoms with E-state index in [4.69, 9.17) is 8.23 Å². The first-order chi connectivity index (χ1) is 13.2. The molecule has 5 heteroatoms. The van der Waals surface area contributed by atoms with Gasteiger partial charge in [0.15, 0.2) is 0 Å². The van der Waals surface area contributed by atoms with Gasteiger partial charge in [0.2, 0.25) is 16.6 Å². The van der Waals surface area contributed by atoms with E-state index in [0.29, 0.717) is 0 Å². The van der Waals surface area contributed by atoms with Gasteiger partial charge in [-0.2, -0.15) is 0 Å². The van der Waals surface area contributed by atoms with Crippen molar-refractivity contribution in [3.8, 4) is 0 Å². The maximum atomic E-state index is 6.60. The molecule has 0 saturated carbocycles. The van der Waals surface area contributed by atoms with Crippen molar-refractivity contribution in [2.45, 2.75) is 45.6 Å². The Labute approximate surface area is 175 Å². The van der Waals surface area contributed by atoms with Crippen LogP contribution in [0.3, 0.4) is 0 Å². The zero-order valence-corrected chi connectivity index (χ0v) is 21.2. The Bertz CT molecular complexity index is 713. The van der Waals surface area contributed by atoms with Crippen LogP contribution in [0.2, 0.25) is 32.7 Å². The molecule has 0 amide bonds. The standard InChI is InChI=1S/C23H34O2Si3/c1-8-10-20-12-16-22(17-13-20)27(4,5)24-26(3)25-28(6,7)23-18-14-21(11-9-2)15-19-23/h8-9,12-19,26H,1-2,10-11H2,3-7H3. The molecule has 2 rings (SSSR count). The van der Waals surface area contributed by atoms with Crippen LogP contribution in [0.15, 0.2) is 73.8 Å². The zero-order chi connectivity index (χ0) is 20.8. The predicted molar refractivity (Wildman–Crippen MR) is 130 cm³/mol. The number of rotatable bonds is 10. The average molecular weight is 427 g/mol. The summed E-state index contributed by atoms with van der Waals surface area (Å²) < 4.78 is 13.2. The van der Waals surface area contributed by atoms with Crippen LogP contribution in [0.4, 0.5) is 0 Å². The van der Waals surface area contributed by atoms with Gasteiger partial charge in [0.1, 0.15) is 0 Å². The topological polar surface area (TPSA) is 18.5 Å². The summed E-state index contributed by atoms with van der Waals surface area (Å²) in [6, 6.07) is 17.6. The summed E-state index contributed by atoms with van der Waals surface area (Å²) in [5.41, 5.74) is 2.58. The van der Waals surface area contributed by atoms with Crippen LogP contribution in [-0.4, -0.2) is 25.9 Å². The molecule has 2 aromatic carbocycles. The first kappa shape index (κ1) is 22.8. The fourth-order valence-corrected chi connectivity index (χ4v) is 13.7. The van der Waals surface area contributed by atoms with Crippen LogP contribution in [-0.2, 0) is 21.1 Å². The maximum Gasteiger partial charge on any atom is 0.298 e. The Morgan fingerprint density at radius 3 is 1.32 bits per heavy atom. The van der Waals surface area contributed by atoms with Gasteiger partial charge >= 0.3 is 0 Å². The van der Waals surface area contributed by atoms with E-state index in [9.17, 15) is 0 Å². The lowest BCUT2D eigenvalue weighted by molar-refractivity contribution is 0.434. The van der Waals surface area contributed by atoms with Crippen molar-refractivity contribution in [3.63, 3.8) is 0 Å². The van der Waals surface area contributed by atoms with E-state index in [1.807, 2.05) is 12.2 Å². The Hall–Kier alpha value is -1.51. The zero-order valence-electron chi connectivity index (χ0n) is 18.0. The van der Waals surface area contributed by atoms with Gasteiger partial charge in [-0.05, 0) is 67.1 Å². The molecule has 2 aromatic rings. The molecule has 0 spiro atoms. The SMILES string of the molecule is C=CCc1ccc([Si](C)(C)O[SiH](C)O[Si](C)(C)c2ccc(CC=C)cc2)cc1. The van der Waals surface area contributed by atoms with Gasteiger partial charge in [0.05, 0.1) is 0 Å². The van der Waals surface area contributed by atoms with E-state index >= 15 is 0 Å². The second kappa shape index (κ2) is 9.80. The van der Waals surface area contributed by atoms with Crippen LogP contribution in [0.5, 0.6) is 0 Å². The van der Waals surface area contributed by atoms with Crippen LogP contribution in [0.25, 0.3) is 0 Å². The Morgan fingerprint density at radius 2 is 1.04 bits per heavy atom. The second-order valence-electron chi connectivity index (χ2n) is 8.20. The van der Waals surface area contributed by atoms with E-state index in [0.717, 1.165) is 12.8 Å². The van der Waals surface area contributed by atoms with Gasteiger partial charge in [0.25, 0.3) is 9.28 Å². The minimum absolute atomic E-state index is 0.906. The summed E-state index contributed by atoms with van der Waals surface area (Å²) in [5, 5.41) is 2.63. The van der Waals surface area contributed by atoms with E-state index in [1.165, 1.54) is 21.5 Å². The maximum absolute atomic E-state index is 6.60. The molecular weight excluding hydrogens is 393 g/mol. The monoisotopic (exact) mass is 426 g/mol. The molecule has 0 N–H and O–H groups in total. The van der Waals surface area contributed by atoms with E-state index in [-0.39, 0.29) is 0 Å². The summed E-state index contributed by atoms with van der Waals surface area (Å²) >= 11 is 0. The highest BCUT2D eigenvalue weighted by Gasteiger charge is 2.33. The quantitative estimate of drug-likeness (QED) is 0.410. The minimum atomic E-state index is -1.99. The number of hydrogen-bond donors (Lipinski definition) is 0. The molecule has 0 unspecified atom stereocenters. The summed E-state index contributed by atoms with van der Waals surface area (Å²) in [4.78, 5) is 0. The van der Waals surface area contributed by atoms with E-state index < -0.39 is 25.9 Å². The molecular formula is C23H34O2Si3. The van der Waals surface area contributed by atoms with E-state index in [1.54, 1.807) is 0 Å². The largest absolute Gasteiger partial charge is 0.435 e. The fraction of sp³-hybridized carbons (Fsp3) is 0.304. The summed E-state index contributed by atoms with van der Waals surface area (Å²) in [6.07, 6.45) is 5.69. The second-order valence-corrected chi connectivity index (χ2v) is 18.4. The highest BCUT2D eigenvalue weighted by Crippen LogP contribution is 2.14. The van der Waals surface area contributed by atoms with Crippen LogP contribution >= 0.6 is 0 Å². The van der Waals surface area contributed by atoms with Crippen LogP contribution in [0, 0.1) is 0 Å². The number of benzene rings is 2. The fourth-order valence-electron chi connectivity index (χ4n) is 3.41. The molecule has 2 nitrogen and oxygen atoms in total. The molecule has 150 valence electrons. The highest BCUT2D eigenvalue weighted by molar-refractivity contribution is 6.92. The van der Waals surface area contributed by atoms with Gasteiger partial charge < -0.3 is 8.23 Å². The Balaban J connectivity index is 2.04. The minimum Gasteiger partial charge on any atom is -0.435 e. The molecule has 0 bridgehead atoms. The lowest BCUT2D eigenvalue weighted by Gasteiger charge is -2.33. The van der Waals surface area contributed by atoms with Gasteiger partial charge in [0, 0.05) is 0 Å². The first-order valence-electron chi connectivity index (χ1n) is 9.94. The molecule has 0 aliphatic carbocycles. The Kier molecular flexibility index (Phi) is 7.97. The van der Waals surface area contributed by atoms with Crippen LogP contribution < -0.4 is 10.4 Å². The average Bonchev–Trinajstić information content (AvgIpc) is 2.62. The van der Waals surface area contributed by atoms with Gasteiger partial charge in [-0.3, -0.25) is 0 Å². The van der Waals surface area contributed by atoms with Crippen molar-refractivity contribution < 1.29 is 8.23 Å². The van der Waals surface area contributed by atoms with Crippen molar-refractivity contribution in [1.82, 2.24) is 0 Å². The number of allylic oxidation sites excluding steroid dienone is 2. The molecule has 0 atom stereocenters. The summed E-state index contributed by atoms with van der Waals surface area (Å²) in [5.74, 6) is 0. The van der Waals surface area contributed by atoms with Crippen molar-refractivity contribution in [2.24, 2.45) is 0 Å². The van der Waals surface area contributed by atoms with Gasteiger partial charge in [-0.1, -0.05) is 60.7 Å². The van der Waals surface area contributed by atoms with Crippen molar-refractivity contribution in [1.29, 1.82) is 0 Å². The third kappa shape index (κ3) is 6.25. The van der Waals surface area contributed by atoms with Crippen LogP contribution in [0.1, 0.15) is 11.1 Å². The van der Waals surface area contributed by atoms with E-state index in [2.05, 4.69) is 94.4 Å². The van der Waals surface area contributed by atoms with Gasteiger partial charge in [-0.25, -0.2) is 0 Å². The molecule has 28 heavy (non-hydrogen) atoms. The molecule has 0 heterocycles. The molecule has 0 aliphatic heterocycles. The predicted octanol–water partition coefficient (Wildman–Crippen LogP) is 4.55. The molecule has 0 radical (unpaired) electrons. The molecule has 0 aliphatic rings. The van der Waals surface area contributed by atoms with Crippen molar-refractivity contribution in [3.05, 3.63) is 85.0 Å². The number of hydrogen-bond acceptors (Lipinski definition) is 2. The molecule has 0 saturated heterocycles. The lowest BCUT2D eigenvalue weighted by atomic mass is 10.2. The van der Waals surface area contributed by atoms with Gasteiger partial charge in [-0.15, -0.1) is 13.2 Å². The smallest absolute Gasteiger partial charge is 0.298 e. The highest BCUT2D eigenvalue weighted by atomic mass is 28.4. The summed E-state index contributed by atoms with van der Waals surface area (Å²) in [7, 11) is -5.73. The normalized spacial score (nSPS) is 12.2. The van der Waals surface area contributed by atoms with Crippen molar-refractivity contribution in [2.75, 3.05) is 0 Å². The molecule has 0 aromatic heterocycles. The Morgan fingerprint density at radius 1 is 0.714 bits per heavy atom. The molecule has 0 fully saturated rings. The first-order valence-corrected chi connectivity index (χ1v) is 17.9. The lowest BCUT2D eigenvalue weighted by Crippen LogP contribution is -2.54. The summed E-state index contributed by atoms with van der Waals surface area (Å²) in [6.45, 7) is 18.9. The van der Waals surface area contributed by atoms with Crippen molar-refractivity contribution >= 4 is 36.3 Å². The third-order valence-electron chi connectivity index (χ3n) is 4.98. The third-order valence-corrected chi connectivity index (χ3v) is 15.8.